The lowest BCUT2D eigenvalue weighted by atomic mass is 10.2. The number of pyridine rings is 1. The van der Waals surface area contributed by atoms with Crippen molar-refractivity contribution in [1.29, 1.82) is 0 Å². The molecule has 6 heteroatoms. The van der Waals surface area contributed by atoms with Gasteiger partial charge >= 0.3 is 0 Å². The van der Waals surface area contributed by atoms with Crippen LogP contribution in [-0.2, 0) is 0 Å². The number of carbonyl (C=O) groups excluding carboxylic acids is 1. The van der Waals surface area contributed by atoms with Crippen LogP contribution in [0.25, 0.3) is 0 Å². The van der Waals surface area contributed by atoms with Gasteiger partial charge in [-0.15, -0.1) is 0 Å². The number of hydrogen-bond acceptors (Lipinski definition) is 3. The quantitative estimate of drug-likeness (QED) is 0.886. The Morgan fingerprint density at radius 3 is 2.57 bits per heavy atom. The summed E-state index contributed by atoms with van der Waals surface area (Å²) in [6.07, 6.45) is 5.53. The molecule has 1 heterocycles. The molecule has 0 aliphatic heterocycles. The summed E-state index contributed by atoms with van der Waals surface area (Å²) in [6, 6.07) is 7.34. The zero-order chi connectivity index (χ0) is 14.8. The van der Waals surface area contributed by atoms with E-state index < -0.39 is 0 Å². The highest BCUT2D eigenvalue weighted by Gasteiger charge is 2.21. The third-order valence-electron chi connectivity index (χ3n) is 3.15. The van der Waals surface area contributed by atoms with E-state index in [0.717, 1.165) is 18.5 Å². The number of benzene rings is 1. The highest BCUT2D eigenvalue weighted by molar-refractivity contribution is 6.40. The van der Waals surface area contributed by atoms with Crippen LogP contribution in [0.15, 0.2) is 36.7 Å². The average molecular weight is 322 g/mol. The van der Waals surface area contributed by atoms with Crippen LogP contribution in [-0.4, -0.2) is 16.9 Å². The molecule has 0 saturated heterocycles. The van der Waals surface area contributed by atoms with Crippen molar-refractivity contribution >= 4 is 40.5 Å². The number of nitrogens with one attached hydrogen (secondary N) is 2. The van der Waals surface area contributed by atoms with Crippen LogP contribution in [0.4, 0.5) is 11.4 Å². The zero-order valence-electron chi connectivity index (χ0n) is 11.1. The zero-order valence-corrected chi connectivity index (χ0v) is 12.6. The molecule has 2 N–H and O–H groups in total. The SMILES string of the molecule is O=C(Nc1c(Cl)cccc1Cl)c1cncc(NC2CC2)c1. The predicted molar refractivity (Wildman–Crippen MR) is 85.3 cm³/mol. The highest BCUT2D eigenvalue weighted by atomic mass is 35.5. The summed E-state index contributed by atoms with van der Waals surface area (Å²) in [6.45, 7) is 0. The van der Waals surface area contributed by atoms with Crippen LogP contribution in [0.5, 0.6) is 0 Å². The minimum absolute atomic E-state index is 0.294. The Morgan fingerprint density at radius 2 is 1.90 bits per heavy atom. The number of carbonyl (C=O) groups is 1. The molecule has 1 fully saturated rings. The molecule has 0 spiro atoms. The summed E-state index contributed by atoms with van der Waals surface area (Å²) < 4.78 is 0. The van der Waals surface area contributed by atoms with Crippen molar-refractivity contribution in [3.8, 4) is 0 Å². The van der Waals surface area contributed by atoms with Crippen LogP contribution >= 0.6 is 23.2 Å². The molecule has 1 aliphatic rings. The third kappa shape index (κ3) is 3.46. The van der Waals surface area contributed by atoms with Gasteiger partial charge in [0.25, 0.3) is 5.91 Å². The standard InChI is InChI=1S/C15H13Cl2N3O/c16-12-2-1-3-13(17)14(12)20-15(21)9-6-11(8-18-7-9)19-10-4-5-10/h1-3,6-8,10,19H,4-5H2,(H,20,21). The van der Waals surface area contributed by atoms with Gasteiger partial charge in [0.2, 0.25) is 0 Å². The van der Waals surface area contributed by atoms with Crippen molar-refractivity contribution in [2.45, 2.75) is 18.9 Å². The van der Waals surface area contributed by atoms with Gasteiger partial charge in [-0.05, 0) is 31.0 Å². The van der Waals surface area contributed by atoms with Gasteiger partial charge in [-0.1, -0.05) is 29.3 Å². The average Bonchev–Trinajstić information content (AvgIpc) is 3.27. The molecular weight excluding hydrogens is 309 g/mol. The molecule has 0 bridgehead atoms. The van der Waals surface area contributed by atoms with Crippen molar-refractivity contribution in [2.75, 3.05) is 10.6 Å². The molecular formula is C15H13Cl2N3O. The lowest BCUT2D eigenvalue weighted by Gasteiger charge is -2.10. The highest BCUT2D eigenvalue weighted by Crippen LogP contribution is 2.30. The number of aromatic nitrogens is 1. The maximum absolute atomic E-state index is 12.3. The minimum Gasteiger partial charge on any atom is -0.381 e. The molecule has 0 unspecified atom stereocenters. The smallest absolute Gasteiger partial charge is 0.257 e. The lowest BCUT2D eigenvalue weighted by molar-refractivity contribution is 0.102. The first-order chi connectivity index (χ1) is 10.1. The second-order valence-electron chi connectivity index (χ2n) is 4.93. The van der Waals surface area contributed by atoms with E-state index in [1.165, 1.54) is 6.20 Å². The normalized spacial score (nSPS) is 13.8. The largest absolute Gasteiger partial charge is 0.381 e. The van der Waals surface area contributed by atoms with Gasteiger partial charge in [0.1, 0.15) is 0 Å². The minimum atomic E-state index is -0.294. The first kappa shape index (κ1) is 14.2. The van der Waals surface area contributed by atoms with E-state index >= 15 is 0 Å². The molecule has 1 amide bonds. The van der Waals surface area contributed by atoms with Gasteiger partial charge in [-0.3, -0.25) is 9.78 Å². The second-order valence-corrected chi connectivity index (χ2v) is 5.75. The topological polar surface area (TPSA) is 54.0 Å². The van der Waals surface area contributed by atoms with Crippen LogP contribution < -0.4 is 10.6 Å². The molecule has 1 aliphatic carbocycles. The molecule has 1 saturated carbocycles. The monoisotopic (exact) mass is 321 g/mol. The van der Waals surface area contributed by atoms with E-state index in [4.69, 9.17) is 23.2 Å². The summed E-state index contributed by atoms with van der Waals surface area (Å²) in [5.41, 5.74) is 1.71. The van der Waals surface area contributed by atoms with Gasteiger partial charge in [-0.2, -0.15) is 0 Å². The van der Waals surface area contributed by atoms with Gasteiger partial charge in [0, 0.05) is 18.4 Å². The number of rotatable bonds is 4. The van der Waals surface area contributed by atoms with Crippen LogP contribution in [0.3, 0.4) is 0 Å². The first-order valence-electron chi connectivity index (χ1n) is 6.60. The maximum atomic E-state index is 12.3. The third-order valence-corrected chi connectivity index (χ3v) is 3.78. The van der Waals surface area contributed by atoms with E-state index in [-0.39, 0.29) is 5.91 Å². The number of nitrogens with zero attached hydrogens (tertiary/aromatic N) is 1. The number of para-hydroxylation sites is 1. The molecule has 3 rings (SSSR count). The molecule has 1 aromatic carbocycles. The van der Waals surface area contributed by atoms with E-state index in [9.17, 15) is 4.79 Å². The van der Waals surface area contributed by atoms with Crippen LogP contribution in [0.2, 0.25) is 10.0 Å². The Bertz CT molecular complexity index is 666. The molecule has 2 aromatic rings. The molecule has 0 atom stereocenters. The van der Waals surface area contributed by atoms with Crippen molar-refractivity contribution in [2.24, 2.45) is 0 Å². The van der Waals surface area contributed by atoms with Gasteiger partial charge < -0.3 is 10.6 Å². The maximum Gasteiger partial charge on any atom is 0.257 e. The summed E-state index contributed by atoms with van der Waals surface area (Å²) in [5.74, 6) is -0.294. The summed E-state index contributed by atoms with van der Waals surface area (Å²) >= 11 is 12.1. The lowest BCUT2D eigenvalue weighted by Crippen LogP contribution is -2.13. The van der Waals surface area contributed by atoms with Gasteiger partial charge in [0.05, 0.1) is 27.0 Å². The molecule has 108 valence electrons. The van der Waals surface area contributed by atoms with E-state index in [1.54, 1.807) is 30.5 Å². The summed E-state index contributed by atoms with van der Waals surface area (Å²) in [7, 11) is 0. The van der Waals surface area contributed by atoms with Crippen molar-refractivity contribution in [3.05, 3.63) is 52.3 Å². The van der Waals surface area contributed by atoms with Gasteiger partial charge in [0.15, 0.2) is 0 Å². The Balaban J connectivity index is 1.78. The number of amides is 1. The van der Waals surface area contributed by atoms with E-state index in [1.807, 2.05) is 0 Å². The van der Waals surface area contributed by atoms with Gasteiger partial charge in [-0.25, -0.2) is 0 Å². The Morgan fingerprint density at radius 1 is 1.19 bits per heavy atom. The molecule has 0 radical (unpaired) electrons. The molecule has 1 aromatic heterocycles. The van der Waals surface area contributed by atoms with Crippen LogP contribution in [0.1, 0.15) is 23.2 Å². The van der Waals surface area contributed by atoms with Crippen molar-refractivity contribution in [1.82, 2.24) is 4.98 Å². The number of halogens is 2. The fourth-order valence-electron chi connectivity index (χ4n) is 1.91. The molecule has 21 heavy (non-hydrogen) atoms. The Labute approximate surface area is 132 Å². The fourth-order valence-corrected chi connectivity index (χ4v) is 2.40. The first-order valence-corrected chi connectivity index (χ1v) is 7.36. The van der Waals surface area contributed by atoms with Crippen LogP contribution in [0, 0.1) is 0 Å². The molecule has 4 nitrogen and oxygen atoms in total. The number of hydrogen-bond donors (Lipinski definition) is 2. The Hall–Kier alpha value is -1.78. The van der Waals surface area contributed by atoms with Crippen molar-refractivity contribution in [3.63, 3.8) is 0 Å². The van der Waals surface area contributed by atoms with E-state index in [2.05, 4.69) is 15.6 Å². The number of anilines is 2. The van der Waals surface area contributed by atoms with E-state index in [0.29, 0.717) is 27.3 Å². The fraction of sp³-hybridized carbons (Fsp3) is 0.200. The second kappa shape index (κ2) is 5.92. The summed E-state index contributed by atoms with van der Waals surface area (Å²) in [4.78, 5) is 16.4. The predicted octanol–water partition coefficient (Wildman–Crippen LogP) is 4.22. The summed E-state index contributed by atoms with van der Waals surface area (Å²) in [5, 5.41) is 6.82. The van der Waals surface area contributed by atoms with Crippen molar-refractivity contribution < 1.29 is 4.79 Å². The Kier molecular flexibility index (Phi) is 3.99.